The van der Waals surface area contributed by atoms with Gasteiger partial charge in [0.25, 0.3) is 0 Å². The Labute approximate surface area is 108 Å². The summed E-state index contributed by atoms with van der Waals surface area (Å²) in [5.41, 5.74) is 2.19. The van der Waals surface area contributed by atoms with E-state index in [0.717, 1.165) is 24.3 Å². The highest BCUT2D eigenvalue weighted by molar-refractivity contribution is 5.44. The highest BCUT2D eigenvalue weighted by Crippen LogP contribution is 2.38. The first kappa shape index (κ1) is 13.4. The first-order valence-corrected chi connectivity index (χ1v) is 6.72. The van der Waals surface area contributed by atoms with Crippen LogP contribution in [0, 0.1) is 5.92 Å². The average Bonchev–Trinajstić information content (AvgIpc) is 2.40. The predicted octanol–water partition coefficient (Wildman–Crippen LogP) is 2.67. The minimum absolute atomic E-state index is 0.0351. The molecule has 1 fully saturated rings. The molecule has 0 saturated heterocycles. The van der Waals surface area contributed by atoms with Gasteiger partial charge in [-0.3, -0.25) is 0 Å². The normalized spacial score (nSPS) is 24.2. The van der Waals surface area contributed by atoms with Crippen LogP contribution in [0.1, 0.15) is 55.2 Å². The van der Waals surface area contributed by atoms with Crippen LogP contribution in [0.25, 0.3) is 0 Å². The van der Waals surface area contributed by atoms with Crippen molar-refractivity contribution in [3.63, 3.8) is 0 Å². The van der Waals surface area contributed by atoms with Crippen LogP contribution in [0.15, 0.2) is 12.1 Å². The summed E-state index contributed by atoms with van der Waals surface area (Å²) in [6.45, 7) is 1.91. The van der Waals surface area contributed by atoms with Crippen LogP contribution in [0.5, 0.6) is 5.75 Å². The summed E-state index contributed by atoms with van der Waals surface area (Å²) < 4.78 is 0. The Morgan fingerprint density at radius 3 is 1.94 bits per heavy atom. The fourth-order valence-corrected chi connectivity index (χ4v) is 2.86. The number of hydrogen-bond donors (Lipinski definition) is 3. The second kappa shape index (κ2) is 5.72. The second-order valence-corrected chi connectivity index (χ2v) is 5.46. The van der Waals surface area contributed by atoms with Crippen molar-refractivity contribution in [1.29, 1.82) is 0 Å². The zero-order valence-electron chi connectivity index (χ0n) is 10.9. The molecule has 1 aliphatic rings. The van der Waals surface area contributed by atoms with Gasteiger partial charge in [0.15, 0.2) is 0 Å². The van der Waals surface area contributed by atoms with Gasteiger partial charge in [-0.25, -0.2) is 0 Å². The van der Waals surface area contributed by atoms with Gasteiger partial charge in [0.05, 0.1) is 13.2 Å². The SMILES string of the molecule is CC1CCC(c2cc(CO)c(O)c(CO)c2)CC1. The molecule has 3 heteroatoms. The molecule has 3 N–H and O–H groups in total. The highest BCUT2D eigenvalue weighted by atomic mass is 16.3. The minimum atomic E-state index is -0.185. The monoisotopic (exact) mass is 250 g/mol. The third kappa shape index (κ3) is 2.68. The van der Waals surface area contributed by atoms with Crippen molar-refractivity contribution in [2.24, 2.45) is 5.92 Å². The summed E-state index contributed by atoms with van der Waals surface area (Å²) in [4.78, 5) is 0. The van der Waals surface area contributed by atoms with Gasteiger partial charge in [-0.2, -0.15) is 0 Å². The van der Waals surface area contributed by atoms with E-state index >= 15 is 0 Å². The maximum absolute atomic E-state index is 9.83. The summed E-state index contributed by atoms with van der Waals surface area (Å²) in [5, 5.41) is 28.4. The molecule has 0 unspecified atom stereocenters. The Bertz CT molecular complexity index is 381. The lowest BCUT2D eigenvalue weighted by atomic mass is 9.79. The molecule has 1 aromatic carbocycles. The van der Waals surface area contributed by atoms with E-state index in [1.54, 1.807) is 0 Å². The van der Waals surface area contributed by atoms with E-state index in [1.165, 1.54) is 12.8 Å². The van der Waals surface area contributed by atoms with Crippen molar-refractivity contribution in [3.8, 4) is 5.75 Å². The zero-order chi connectivity index (χ0) is 13.1. The number of aliphatic hydroxyl groups excluding tert-OH is 2. The first-order valence-electron chi connectivity index (χ1n) is 6.72. The molecule has 0 atom stereocenters. The van der Waals surface area contributed by atoms with Gasteiger partial charge in [-0.05, 0) is 42.4 Å². The number of phenols is 1. The molecule has 1 aliphatic carbocycles. The van der Waals surface area contributed by atoms with Crippen LogP contribution in [0.4, 0.5) is 0 Å². The molecule has 0 radical (unpaired) electrons. The van der Waals surface area contributed by atoms with Gasteiger partial charge in [-0.1, -0.05) is 19.8 Å². The van der Waals surface area contributed by atoms with Crippen molar-refractivity contribution in [2.75, 3.05) is 0 Å². The molecule has 1 saturated carbocycles. The molecule has 2 rings (SSSR count). The van der Waals surface area contributed by atoms with Gasteiger partial charge in [0.2, 0.25) is 0 Å². The van der Waals surface area contributed by atoms with E-state index in [4.69, 9.17) is 0 Å². The van der Waals surface area contributed by atoms with Crippen LogP contribution < -0.4 is 0 Å². The molecule has 0 spiro atoms. The topological polar surface area (TPSA) is 60.7 Å². The van der Waals surface area contributed by atoms with Crippen molar-refractivity contribution in [3.05, 3.63) is 28.8 Å². The van der Waals surface area contributed by atoms with E-state index < -0.39 is 0 Å². The second-order valence-electron chi connectivity index (χ2n) is 5.46. The van der Waals surface area contributed by atoms with Crippen molar-refractivity contribution in [1.82, 2.24) is 0 Å². The number of benzene rings is 1. The van der Waals surface area contributed by atoms with E-state index in [1.807, 2.05) is 12.1 Å². The minimum Gasteiger partial charge on any atom is -0.507 e. The Morgan fingerprint density at radius 2 is 1.50 bits per heavy atom. The summed E-state index contributed by atoms with van der Waals surface area (Å²) >= 11 is 0. The molecule has 0 amide bonds. The molecule has 0 aliphatic heterocycles. The number of aromatic hydroxyl groups is 1. The van der Waals surface area contributed by atoms with Gasteiger partial charge in [0.1, 0.15) is 5.75 Å². The van der Waals surface area contributed by atoms with Crippen LogP contribution in [-0.2, 0) is 13.2 Å². The van der Waals surface area contributed by atoms with Crippen LogP contribution in [0.3, 0.4) is 0 Å². The Kier molecular flexibility index (Phi) is 4.25. The van der Waals surface area contributed by atoms with E-state index in [-0.39, 0.29) is 19.0 Å². The predicted molar refractivity (Wildman–Crippen MR) is 70.3 cm³/mol. The van der Waals surface area contributed by atoms with Crippen LogP contribution in [-0.4, -0.2) is 15.3 Å². The Morgan fingerprint density at radius 1 is 1.00 bits per heavy atom. The van der Waals surface area contributed by atoms with Crippen molar-refractivity contribution in [2.45, 2.75) is 51.7 Å². The van der Waals surface area contributed by atoms with Gasteiger partial charge in [0, 0.05) is 11.1 Å². The fourth-order valence-electron chi connectivity index (χ4n) is 2.86. The summed E-state index contributed by atoms with van der Waals surface area (Å²) in [5.74, 6) is 1.33. The molecular weight excluding hydrogens is 228 g/mol. The first-order chi connectivity index (χ1) is 8.65. The molecule has 100 valence electrons. The summed E-state index contributed by atoms with van der Waals surface area (Å²) in [6, 6.07) is 3.77. The maximum Gasteiger partial charge on any atom is 0.126 e. The molecule has 0 heterocycles. The number of rotatable bonds is 3. The third-order valence-electron chi connectivity index (χ3n) is 4.12. The van der Waals surface area contributed by atoms with Crippen molar-refractivity contribution >= 4 is 0 Å². The highest BCUT2D eigenvalue weighted by Gasteiger charge is 2.21. The van der Waals surface area contributed by atoms with Gasteiger partial charge in [-0.15, -0.1) is 0 Å². The molecule has 1 aromatic rings. The number of hydrogen-bond acceptors (Lipinski definition) is 3. The summed E-state index contributed by atoms with van der Waals surface area (Å²) in [7, 11) is 0. The van der Waals surface area contributed by atoms with Crippen LogP contribution >= 0.6 is 0 Å². The maximum atomic E-state index is 9.83. The number of aliphatic hydroxyl groups is 2. The molecule has 18 heavy (non-hydrogen) atoms. The molecule has 0 aromatic heterocycles. The van der Waals surface area contributed by atoms with E-state index in [9.17, 15) is 15.3 Å². The fraction of sp³-hybridized carbons (Fsp3) is 0.600. The van der Waals surface area contributed by atoms with Crippen LogP contribution in [0.2, 0.25) is 0 Å². The summed E-state index contributed by atoms with van der Waals surface area (Å²) in [6.07, 6.45) is 4.77. The van der Waals surface area contributed by atoms with E-state index in [0.29, 0.717) is 17.0 Å². The standard InChI is InChI=1S/C15H22O3/c1-10-2-4-11(5-3-10)12-6-13(8-16)15(18)14(7-12)9-17/h6-7,10-11,16-18H,2-5,8-9H2,1H3. The van der Waals surface area contributed by atoms with Gasteiger partial charge >= 0.3 is 0 Å². The largest absolute Gasteiger partial charge is 0.507 e. The Hall–Kier alpha value is -1.06. The molecule has 3 nitrogen and oxygen atoms in total. The zero-order valence-corrected chi connectivity index (χ0v) is 10.9. The lowest BCUT2D eigenvalue weighted by molar-refractivity contribution is 0.263. The van der Waals surface area contributed by atoms with Crippen molar-refractivity contribution < 1.29 is 15.3 Å². The lowest BCUT2D eigenvalue weighted by Crippen LogP contribution is -2.11. The average molecular weight is 250 g/mol. The lowest BCUT2D eigenvalue weighted by Gasteiger charge is -2.27. The smallest absolute Gasteiger partial charge is 0.126 e. The third-order valence-corrected chi connectivity index (χ3v) is 4.12. The molecular formula is C15H22O3. The van der Waals surface area contributed by atoms with E-state index in [2.05, 4.69) is 6.92 Å². The Balaban J connectivity index is 2.27. The quantitative estimate of drug-likeness (QED) is 0.773. The van der Waals surface area contributed by atoms with Gasteiger partial charge < -0.3 is 15.3 Å². The molecule has 0 bridgehead atoms.